The summed E-state index contributed by atoms with van der Waals surface area (Å²) in [5.74, 6) is -0.632. The Balaban J connectivity index is 1.77. The zero-order valence-corrected chi connectivity index (χ0v) is 18.7. The lowest BCUT2D eigenvalue weighted by Gasteiger charge is -2.12. The molecule has 0 aromatic heterocycles. The first-order chi connectivity index (χ1) is 15.4. The summed E-state index contributed by atoms with van der Waals surface area (Å²) in [5.41, 5.74) is 0.475. The number of anilines is 2. The summed E-state index contributed by atoms with van der Waals surface area (Å²) in [6, 6.07) is 14.9. The topological polar surface area (TPSA) is 75.3 Å². The lowest BCUT2D eigenvalue weighted by atomic mass is 10.1. The summed E-state index contributed by atoms with van der Waals surface area (Å²) in [5, 5.41) is 2.91. The van der Waals surface area contributed by atoms with E-state index in [0.717, 1.165) is 18.2 Å². The molecular weight excluding hydrogens is 477 g/mol. The molecule has 0 heterocycles. The van der Waals surface area contributed by atoms with E-state index in [1.807, 2.05) is 0 Å². The van der Waals surface area contributed by atoms with Crippen LogP contribution >= 0.6 is 11.6 Å². The van der Waals surface area contributed by atoms with Gasteiger partial charge in [-0.25, -0.2) is 8.42 Å². The summed E-state index contributed by atoms with van der Waals surface area (Å²) in [6.07, 6.45) is -2.18. The lowest BCUT2D eigenvalue weighted by Crippen LogP contribution is -2.14. The van der Waals surface area contributed by atoms with Crippen LogP contribution in [0.3, 0.4) is 0 Å². The van der Waals surface area contributed by atoms with Gasteiger partial charge in [0, 0.05) is 16.8 Å². The molecule has 0 aliphatic heterocycles. The Morgan fingerprint density at radius 2 is 1.73 bits per heavy atom. The molecule has 0 unspecified atom stereocenters. The normalized spacial score (nSPS) is 12.0. The SMILES string of the molecule is Cc1ccc(S(=O)(=O)Nc2cccc(Cl)c2)cc1NC(=O)/C=C/c1cccc(C(F)(F)F)c1. The van der Waals surface area contributed by atoms with E-state index in [1.165, 1.54) is 42.5 Å². The Morgan fingerprint density at radius 3 is 2.42 bits per heavy atom. The molecular formula is C23H18ClF3N2O3S. The van der Waals surface area contributed by atoms with Crippen LogP contribution in [-0.4, -0.2) is 14.3 Å². The van der Waals surface area contributed by atoms with Crippen molar-refractivity contribution in [1.82, 2.24) is 0 Å². The molecule has 0 fully saturated rings. The Hall–Kier alpha value is -3.30. The lowest BCUT2D eigenvalue weighted by molar-refractivity contribution is -0.137. The van der Waals surface area contributed by atoms with Crippen molar-refractivity contribution in [3.8, 4) is 0 Å². The van der Waals surface area contributed by atoms with Gasteiger partial charge in [0.15, 0.2) is 0 Å². The van der Waals surface area contributed by atoms with Crippen LogP contribution in [0.1, 0.15) is 16.7 Å². The van der Waals surface area contributed by atoms with E-state index in [-0.39, 0.29) is 21.8 Å². The van der Waals surface area contributed by atoms with Crippen LogP contribution in [0.5, 0.6) is 0 Å². The summed E-state index contributed by atoms with van der Waals surface area (Å²) in [4.78, 5) is 12.2. The third-order valence-corrected chi connectivity index (χ3v) is 6.11. The van der Waals surface area contributed by atoms with Crippen molar-refractivity contribution in [2.24, 2.45) is 0 Å². The number of hydrogen-bond acceptors (Lipinski definition) is 3. The Kier molecular flexibility index (Phi) is 7.14. The fourth-order valence-corrected chi connectivity index (χ4v) is 4.10. The third-order valence-electron chi connectivity index (χ3n) is 4.50. The highest BCUT2D eigenvalue weighted by Gasteiger charge is 2.30. The molecule has 10 heteroatoms. The van der Waals surface area contributed by atoms with Crippen LogP contribution in [0.15, 0.2) is 77.7 Å². The maximum Gasteiger partial charge on any atom is 0.416 e. The molecule has 3 aromatic rings. The average Bonchev–Trinajstić information content (AvgIpc) is 2.73. The molecule has 0 saturated carbocycles. The third kappa shape index (κ3) is 6.59. The summed E-state index contributed by atoms with van der Waals surface area (Å²) < 4.78 is 66.3. The van der Waals surface area contributed by atoms with Crippen molar-refractivity contribution < 1.29 is 26.4 Å². The average molecular weight is 495 g/mol. The second-order valence-corrected chi connectivity index (χ2v) is 9.16. The second-order valence-electron chi connectivity index (χ2n) is 7.04. The van der Waals surface area contributed by atoms with Gasteiger partial charge in [-0.2, -0.15) is 13.2 Å². The van der Waals surface area contributed by atoms with Crippen LogP contribution in [0, 0.1) is 6.92 Å². The molecule has 0 aliphatic carbocycles. The number of rotatable bonds is 6. The van der Waals surface area contributed by atoms with Gasteiger partial charge >= 0.3 is 6.18 Å². The molecule has 1 amide bonds. The number of aryl methyl sites for hydroxylation is 1. The number of sulfonamides is 1. The van der Waals surface area contributed by atoms with Gasteiger partial charge in [0.1, 0.15) is 0 Å². The Morgan fingerprint density at radius 1 is 1.00 bits per heavy atom. The molecule has 2 N–H and O–H groups in total. The van der Waals surface area contributed by atoms with E-state index in [2.05, 4.69) is 10.0 Å². The number of carbonyl (C=O) groups excluding carboxylic acids is 1. The van der Waals surface area contributed by atoms with Crippen molar-refractivity contribution in [2.45, 2.75) is 18.0 Å². The first-order valence-electron chi connectivity index (χ1n) is 9.49. The number of carbonyl (C=O) groups is 1. The predicted octanol–water partition coefficient (Wildman–Crippen LogP) is 6.12. The fraction of sp³-hybridized carbons (Fsp3) is 0.0870. The van der Waals surface area contributed by atoms with E-state index in [0.29, 0.717) is 10.6 Å². The number of halogens is 4. The van der Waals surface area contributed by atoms with Gasteiger partial charge in [0.05, 0.1) is 16.1 Å². The molecule has 0 spiro atoms. The predicted molar refractivity (Wildman–Crippen MR) is 123 cm³/mol. The van der Waals surface area contributed by atoms with Crippen molar-refractivity contribution >= 4 is 45.0 Å². The minimum atomic E-state index is -4.49. The molecule has 5 nitrogen and oxygen atoms in total. The molecule has 33 heavy (non-hydrogen) atoms. The summed E-state index contributed by atoms with van der Waals surface area (Å²) >= 11 is 5.88. The monoisotopic (exact) mass is 494 g/mol. The Bertz CT molecular complexity index is 1320. The first-order valence-corrected chi connectivity index (χ1v) is 11.4. The Labute approximate surface area is 194 Å². The zero-order chi connectivity index (χ0) is 24.2. The summed E-state index contributed by atoms with van der Waals surface area (Å²) in [6.45, 7) is 1.67. The minimum absolute atomic E-state index is 0.0924. The van der Waals surface area contributed by atoms with E-state index in [9.17, 15) is 26.4 Å². The zero-order valence-electron chi connectivity index (χ0n) is 17.2. The second kappa shape index (κ2) is 9.68. The van der Waals surface area contributed by atoms with Crippen molar-refractivity contribution in [2.75, 3.05) is 10.0 Å². The molecule has 0 aliphatic rings. The van der Waals surface area contributed by atoms with Crippen LogP contribution in [0.4, 0.5) is 24.5 Å². The molecule has 3 aromatic carbocycles. The van der Waals surface area contributed by atoms with Crippen LogP contribution in [0.25, 0.3) is 6.08 Å². The molecule has 0 atom stereocenters. The number of amides is 1. The van der Waals surface area contributed by atoms with E-state index in [1.54, 1.807) is 25.1 Å². The molecule has 0 saturated heterocycles. The van der Waals surface area contributed by atoms with E-state index >= 15 is 0 Å². The van der Waals surface area contributed by atoms with Gasteiger partial charge in [-0.3, -0.25) is 9.52 Å². The summed E-state index contributed by atoms with van der Waals surface area (Å²) in [7, 11) is -3.96. The van der Waals surface area contributed by atoms with Gasteiger partial charge in [0.25, 0.3) is 10.0 Å². The molecule has 172 valence electrons. The van der Waals surface area contributed by atoms with Crippen LogP contribution in [0.2, 0.25) is 5.02 Å². The highest BCUT2D eigenvalue weighted by Crippen LogP contribution is 2.30. The first kappa shape index (κ1) is 24.3. The van der Waals surface area contributed by atoms with Gasteiger partial charge in [-0.15, -0.1) is 0 Å². The fourth-order valence-electron chi connectivity index (χ4n) is 2.83. The molecule has 3 rings (SSSR count). The number of alkyl halides is 3. The van der Waals surface area contributed by atoms with Crippen LogP contribution in [-0.2, 0) is 21.0 Å². The smallest absolute Gasteiger partial charge is 0.322 e. The van der Waals surface area contributed by atoms with Gasteiger partial charge < -0.3 is 5.32 Å². The number of hydrogen-bond donors (Lipinski definition) is 2. The maximum atomic E-state index is 12.8. The van der Waals surface area contributed by atoms with Gasteiger partial charge in [-0.05, 0) is 66.6 Å². The van der Waals surface area contributed by atoms with Crippen molar-refractivity contribution in [1.29, 1.82) is 0 Å². The quantitative estimate of drug-likeness (QED) is 0.405. The van der Waals surface area contributed by atoms with Gasteiger partial charge in [-0.1, -0.05) is 35.9 Å². The number of nitrogens with one attached hydrogen (secondary N) is 2. The molecule has 0 radical (unpaired) electrons. The minimum Gasteiger partial charge on any atom is -0.322 e. The van der Waals surface area contributed by atoms with Crippen LogP contribution < -0.4 is 10.0 Å². The van der Waals surface area contributed by atoms with Crippen molar-refractivity contribution in [3.05, 3.63) is 94.5 Å². The highest BCUT2D eigenvalue weighted by molar-refractivity contribution is 7.92. The van der Waals surface area contributed by atoms with Gasteiger partial charge in [0.2, 0.25) is 5.91 Å². The number of benzene rings is 3. The highest BCUT2D eigenvalue weighted by atomic mass is 35.5. The maximum absolute atomic E-state index is 12.8. The molecule has 0 bridgehead atoms. The van der Waals surface area contributed by atoms with E-state index in [4.69, 9.17) is 11.6 Å². The van der Waals surface area contributed by atoms with Crippen molar-refractivity contribution in [3.63, 3.8) is 0 Å². The standard InChI is InChI=1S/C23H18ClF3N2O3S/c1-15-8-10-20(33(31,32)29-19-7-3-6-18(24)13-19)14-21(15)28-22(30)11-9-16-4-2-5-17(12-16)23(25,26)27/h2-14,29H,1H3,(H,28,30)/b11-9+. The largest absolute Gasteiger partial charge is 0.416 e. The van der Waals surface area contributed by atoms with E-state index < -0.39 is 27.7 Å².